The average molecular weight is 363 g/mol. The number of anilines is 1. The van der Waals surface area contributed by atoms with Gasteiger partial charge in [0.1, 0.15) is 5.82 Å². The third-order valence-corrected chi connectivity index (χ3v) is 4.96. The molecule has 0 aliphatic rings. The maximum absolute atomic E-state index is 13.1. The predicted octanol–water partition coefficient (Wildman–Crippen LogP) is 4.13. The second-order valence-electron chi connectivity index (χ2n) is 3.93. The number of rotatable bonds is 3. The van der Waals surface area contributed by atoms with E-state index in [1.54, 1.807) is 30.3 Å². The zero-order chi connectivity index (χ0) is 14.0. The molecule has 2 rings (SSSR count). The molecule has 2 aromatic rings. The number of hydrogen-bond acceptors (Lipinski definition) is 2. The van der Waals surface area contributed by atoms with Crippen LogP contribution in [0.2, 0.25) is 5.02 Å². The van der Waals surface area contributed by atoms with Gasteiger partial charge in [-0.2, -0.15) is 0 Å². The first-order valence-corrected chi connectivity index (χ1v) is 7.83. The summed E-state index contributed by atoms with van der Waals surface area (Å²) in [5.74, 6) is -0.0984. The summed E-state index contributed by atoms with van der Waals surface area (Å²) >= 11 is 9.09. The molecule has 0 bridgehead atoms. The van der Waals surface area contributed by atoms with Crippen molar-refractivity contribution in [2.24, 2.45) is 0 Å². The van der Waals surface area contributed by atoms with Gasteiger partial charge in [0.2, 0.25) is 0 Å². The summed E-state index contributed by atoms with van der Waals surface area (Å²) in [6.07, 6.45) is 0. The third-order valence-electron chi connectivity index (χ3n) is 2.48. The number of halogens is 3. The number of nitrogen functional groups attached to an aromatic ring is 1. The second kappa shape index (κ2) is 6.03. The minimum Gasteiger partial charge on any atom is -0.399 e. The van der Waals surface area contributed by atoms with E-state index >= 15 is 0 Å². The summed E-state index contributed by atoms with van der Waals surface area (Å²) in [6.45, 7) is 0. The minimum atomic E-state index is -1.33. The molecule has 2 N–H and O–H groups in total. The van der Waals surface area contributed by atoms with Crippen molar-refractivity contribution in [3.8, 4) is 0 Å². The van der Waals surface area contributed by atoms with E-state index in [0.29, 0.717) is 20.1 Å². The highest BCUT2D eigenvalue weighted by Gasteiger charge is 2.11. The molecular formula is C13H10BrClFNOS. The molecule has 2 nitrogen and oxygen atoms in total. The van der Waals surface area contributed by atoms with Gasteiger partial charge in [-0.25, -0.2) is 4.39 Å². The van der Waals surface area contributed by atoms with E-state index in [0.717, 1.165) is 5.56 Å². The van der Waals surface area contributed by atoms with Crippen molar-refractivity contribution < 1.29 is 8.60 Å². The van der Waals surface area contributed by atoms with Crippen LogP contribution in [0.15, 0.2) is 45.8 Å². The molecule has 1 atom stereocenters. The molecule has 0 radical (unpaired) electrons. The van der Waals surface area contributed by atoms with Crippen LogP contribution in [0.5, 0.6) is 0 Å². The van der Waals surface area contributed by atoms with Gasteiger partial charge in [-0.3, -0.25) is 4.21 Å². The fourth-order valence-corrected chi connectivity index (χ4v) is 3.55. The van der Waals surface area contributed by atoms with Crippen LogP contribution in [0.3, 0.4) is 0 Å². The van der Waals surface area contributed by atoms with Gasteiger partial charge in [-0.1, -0.05) is 17.7 Å². The number of hydrogen-bond donors (Lipinski definition) is 1. The molecule has 0 fully saturated rings. The van der Waals surface area contributed by atoms with Gasteiger partial charge in [-0.05, 0) is 51.8 Å². The molecule has 0 aromatic heterocycles. The van der Waals surface area contributed by atoms with Crippen LogP contribution in [0.4, 0.5) is 10.1 Å². The highest BCUT2D eigenvalue weighted by Crippen LogP contribution is 2.25. The Bertz CT molecular complexity index is 651. The molecule has 0 saturated heterocycles. The van der Waals surface area contributed by atoms with Crippen molar-refractivity contribution in [3.05, 3.63) is 57.3 Å². The summed E-state index contributed by atoms with van der Waals surface area (Å²) in [5, 5.41) is 0.411. The van der Waals surface area contributed by atoms with Gasteiger partial charge >= 0.3 is 0 Å². The zero-order valence-corrected chi connectivity index (χ0v) is 12.9. The Kier molecular flexibility index (Phi) is 4.60. The largest absolute Gasteiger partial charge is 0.399 e. The Labute approximate surface area is 126 Å². The van der Waals surface area contributed by atoms with Crippen molar-refractivity contribution in [2.75, 3.05) is 5.73 Å². The maximum Gasteiger partial charge on any atom is 0.137 e. The lowest BCUT2D eigenvalue weighted by molar-refractivity contribution is 0.620. The fraction of sp³-hybridized carbons (Fsp3) is 0.0769. The summed E-state index contributed by atoms with van der Waals surface area (Å²) in [6, 6.07) is 9.39. The van der Waals surface area contributed by atoms with Crippen molar-refractivity contribution in [3.63, 3.8) is 0 Å². The van der Waals surface area contributed by atoms with E-state index < -0.39 is 10.8 Å². The van der Waals surface area contributed by atoms with Gasteiger partial charge < -0.3 is 5.73 Å². The van der Waals surface area contributed by atoms with Crippen molar-refractivity contribution in [1.29, 1.82) is 0 Å². The Balaban J connectivity index is 2.25. The molecule has 0 heterocycles. The quantitative estimate of drug-likeness (QED) is 0.834. The third kappa shape index (κ3) is 3.55. The molecule has 0 aliphatic carbocycles. The second-order valence-corrected chi connectivity index (χ2v) is 6.61. The first-order valence-electron chi connectivity index (χ1n) is 5.34. The molecule has 19 heavy (non-hydrogen) atoms. The summed E-state index contributed by atoms with van der Waals surface area (Å²) in [7, 11) is -1.33. The molecular weight excluding hydrogens is 353 g/mol. The van der Waals surface area contributed by atoms with Crippen LogP contribution in [0.1, 0.15) is 5.56 Å². The molecule has 2 aromatic carbocycles. The van der Waals surface area contributed by atoms with E-state index in [4.69, 9.17) is 17.3 Å². The Hall–Kier alpha value is -0.910. The van der Waals surface area contributed by atoms with Crippen LogP contribution in [-0.2, 0) is 16.6 Å². The van der Waals surface area contributed by atoms with Crippen molar-refractivity contribution >= 4 is 44.0 Å². The van der Waals surface area contributed by atoms with Gasteiger partial charge in [-0.15, -0.1) is 0 Å². The molecule has 0 aliphatic heterocycles. The summed E-state index contributed by atoms with van der Waals surface area (Å²) in [4.78, 5) is 0.488. The molecule has 0 saturated carbocycles. The molecule has 100 valence electrons. The number of nitrogens with two attached hydrogens (primary N) is 1. The smallest absolute Gasteiger partial charge is 0.137 e. The maximum atomic E-state index is 13.1. The van der Waals surface area contributed by atoms with Crippen LogP contribution in [0.25, 0.3) is 0 Å². The standard InChI is InChI=1S/C13H10BrClFNOS/c14-10-5-8(1-4-12(10)16)7-19(18)13-6-9(17)2-3-11(13)15/h1-6H,7,17H2. The van der Waals surface area contributed by atoms with Crippen LogP contribution < -0.4 is 5.73 Å². The Morgan fingerprint density at radius 1 is 1.26 bits per heavy atom. The first kappa shape index (κ1) is 14.5. The van der Waals surface area contributed by atoms with Crippen LogP contribution >= 0.6 is 27.5 Å². The molecule has 0 spiro atoms. The van der Waals surface area contributed by atoms with E-state index in [-0.39, 0.29) is 11.6 Å². The van der Waals surface area contributed by atoms with E-state index in [2.05, 4.69) is 15.9 Å². The first-order chi connectivity index (χ1) is 8.97. The Morgan fingerprint density at radius 3 is 2.68 bits per heavy atom. The fourth-order valence-electron chi connectivity index (χ4n) is 1.55. The molecule has 0 amide bonds. The lowest BCUT2D eigenvalue weighted by Gasteiger charge is -2.06. The monoisotopic (exact) mass is 361 g/mol. The summed E-state index contributed by atoms with van der Waals surface area (Å²) in [5.41, 5.74) is 6.91. The lowest BCUT2D eigenvalue weighted by Crippen LogP contribution is -1.99. The van der Waals surface area contributed by atoms with Crippen LogP contribution in [0, 0.1) is 5.82 Å². The Morgan fingerprint density at radius 2 is 2.00 bits per heavy atom. The average Bonchev–Trinajstić information content (AvgIpc) is 2.36. The van der Waals surface area contributed by atoms with E-state index in [1.165, 1.54) is 6.07 Å². The molecule has 6 heteroatoms. The zero-order valence-electron chi connectivity index (χ0n) is 9.70. The highest BCUT2D eigenvalue weighted by atomic mass is 79.9. The van der Waals surface area contributed by atoms with E-state index in [9.17, 15) is 8.60 Å². The normalized spacial score (nSPS) is 12.4. The molecule has 1 unspecified atom stereocenters. The van der Waals surface area contributed by atoms with Gasteiger partial charge in [0.05, 0.1) is 30.9 Å². The number of benzene rings is 2. The van der Waals surface area contributed by atoms with Crippen molar-refractivity contribution in [1.82, 2.24) is 0 Å². The van der Waals surface area contributed by atoms with Gasteiger partial charge in [0.25, 0.3) is 0 Å². The van der Waals surface area contributed by atoms with E-state index in [1.807, 2.05) is 0 Å². The van der Waals surface area contributed by atoms with Crippen molar-refractivity contribution in [2.45, 2.75) is 10.6 Å². The van der Waals surface area contributed by atoms with Gasteiger partial charge in [0, 0.05) is 5.69 Å². The predicted molar refractivity (Wildman–Crippen MR) is 80.1 cm³/mol. The van der Waals surface area contributed by atoms with Gasteiger partial charge in [0.15, 0.2) is 0 Å². The SMILES string of the molecule is Nc1ccc(Cl)c(S(=O)Cc2ccc(F)c(Br)c2)c1. The van der Waals surface area contributed by atoms with Crippen LogP contribution in [-0.4, -0.2) is 4.21 Å². The summed E-state index contributed by atoms with van der Waals surface area (Å²) < 4.78 is 25.7. The minimum absolute atomic E-state index is 0.252. The topological polar surface area (TPSA) is 43.1 Å². The lowest BCUT2D eigenvalue weighted by atomic mass is 10.2. The highest BCUT2D eigenvalue weighted by molar-refractivity contribution is 9.10.